The third-order valence-electron chi connectivity index (χ3n) is 3.03. The molecule has 0 aliphatic rings. The first-order valence-electron chi connectivity index (χ1n) is 7.12. The van der Waals surface area contributed by atoms with Gasteiger partial charge in [0.25, 0.3) is 11.8 Å². The van der Waals surface area contributed by atoms with Gasteiger partial charge in [-0.25, -0.2) is 4.79 Å². The highest BCUT2D eigenvalue weighted by molar-refractivity contribution is 6.32. The van der Waals surface area contributed by atoms with Gasteiger partial charge < -0.3 is 25.6 Å². The van der Waals surface area contributed by atoms with Gasteiger partial charge in [0, 0.05) is 5.56 Å². The van der Waals surface area contributed by atoms with E-state index in [1.54, 1.807) is 0 Å². The Labute approximate surface area is 143 Å². The summed E-state index contributed by atoms with van der Waals surface area (Å²) < 4.78 is 10.2. The smallest absolute Gasteiger partial charge is 0.326 e. The monoisotopic (exact) mass is 358 g/mol. The Bertz CT molecular complexity index is 635. The zero-order valence-corrected chi connectivity index (χ0v) is 14.1. The predicted molar refractivity (Wildman–Crippen MR) is 86.5 cm³/mol. The van der Waals surface area contributed by atoms with Crippen LogP contribution in [0.5, 0.6) is 11.5 Å². The molecule has 132 valence electrons. The van der Waals surface area contributed by atoms with Gasteiger partial charge in [-0.2, -0.15) is 0 Å². The Balaban J connectivity index is 3.03. The van der Waals surface area contributed by atoms with Crippen LogP contribution in [-0.4, -0.2) is 42.6 Å². The second kappa shape index (κ2) is 8.97. The van der Waals surface area contributed by atoms with Gasteiger partial charge in [0.05, 0.1) is 12.1 Å². The van der Waals surface area contributed by atoms with Crippen molar-refractivity contribution in [2.45, 2.75) is 25.8 Å². The van der Waals surface area contributed by atoms with Crippen LogP contribution in [0.2, 0.25) is 5.02 Å². The van der Waals surface area contributed by atoms with Crippen LogP contribution in [0.1, 0.15) is 30.1 Å². The number of halogens is 1. The number of carbonyl (C=O) groups excluding carboxylic acids is 2. The molecule has 0 aromatic heterocycles. The van der Waals surface area contributed by atoms with E-state index in [2.05, 4.69) is 5.32 Å². The minimum Gasteiger partial charge on any atom is -0.493 e. The fourth-order valence-corrected chi connectivity index (χ4v) is 2.19. The second-order valence-corrected chi connectivity index (χ2v) is 5.30. The molecule has 1 rings (SSSR count). The molecule has 0 heterocycles. The van der Waals surface area contributed by atoms with E-state index in [1.165, 1.54) is 19.2 Å². The summed E-state index contributed by atoms with van der Waals surface area (Å²) in [5.41, 5.74) is 5.11. The van der Waals surface area contributed by atoms with Gasteiger partial charge in [-0.1, -0.05) is 24.9 Å². The fourth-order valence-electron chi connectivity index (χ4n) is 1.92. The van der Waals surface area contributed by atoms with Gasteiger partial charge in [0.2, 0.25) is 0 Å². The number of hydrogen-bond donors (Lipinski definition) is 3. The molecule has 24 heavy (non-hydrogen) atoms. The Morgan fingerprint density at radius 3 is 2.54 bits per heavy atom. The highest BCUT2D eigenvalue weighted by atomic mass is 35.5. The van der Waals surface area contributed by atoms with Crippen molar-refractivity contribution in [3.63, 3.8) is 0 Å². The van der Waals surface area contributed by atoms with Crippen LogP contribution in [0.15, 0.2) is 12.1 Å². The molecule has 0 bridgehead atoms. The third-order valence-corrected chi connectivity index (χ3v) is 3.31. The number of rotatable bonds is 9. The van der Waals surface area contributed by atoms with Crippen molar-refractivity contribution < 1.29 is 29.0 Å². The summed E-state index contributed by atoms with van der Waals surface area (Å²) in [4.78, 5) is 34.1. The van der Waals surface area contributed by atoms with E-state index in [1.807, 2.05) is 6.92 Å². The topological polar surface area (TPSA) is 128 Å². The molecule has 1 aromatic carbocycles. The maximum atomic E-state index is 12.2. The van der Waals surface area contributed by atoms with Gasteiger partial charge in [-0.15, -0.1) is 0 Å². The SMILES string of the molecule is CCCC(NC(=O)c1cc(Cl)c(OCC(N)=O)c(OC)c1)C(=O)O. The molecule has 2 amide bonds. The van der Waals surface area contributed by atoms with E-state index >= 15 is 0 Å². The molecule has 1 aromatic rings. The maximum Gasteiger partial charge on any atom is 0.326 e. The first-order chi connectivity index (χ1) is 11.3. The van der Waals surface area contributed by atoms with Crippen molar-refractivity contribution in [1.29, 1.82) is 0 Å². The summed E-state index contributed by atoms with van der Waals surface area (Å²) >= 11 is 6.05. The second-order valence-electron chi connectivity index (χ2n) is 4.90. The molecule has 0 radical (unpaired) electrons. The van der Waals surface area contributed by atoms with E-state index in [4.69, 9.17) is 31.9 Å². The number of primary amides is 1. The van der Waals surface area contributed by atoms with E-state index in [-0.39, 0.29) is 22.1 Å². The Kier molecular flexibility index (Phi) is 7.31. The average molecular weight is 359 g/mol. The van der Waals surface area contributed by atoms with Gasteiger partial charge in [-0.05, 0) is 18.6 Å². The molecule has 0 saturated carbocycles. The molecule has 0 aliphatic heterocycles. The number of ether oxygens (including phenoxy) is 2. The van der Waals surface area contributed by atoms with Crippen LogP contribution in [0, 0.1) is 0 Å². The number of aliphatic carboxylic acids is 1. The number of carboxylic acid groups (broad SMARTS) is 1. The summed E-state index contributed by atoms with van der Waals surface area (Å²) in [5.74, 6) is -2.24. The maximum absolute atomic E-state index is 12.2. The number of nitrogens with one attached hydrogen (secondary N) is 1. The number of benzene rings is 1. The van der Waals surface area contributed by atoms with Crippen molar-refractivity contribution in [2.24, 2.45) is 5.73 Å². The first-order valence-corrected chi connectivity index (χ1v) is 7.50. The van der Waals surface area contributed by atoms with Crippen molar-refractivity contribution in [3.05, 3.63) is 22.7 Å². The van der Waals surface area contributed by atoms with E-state index in [0.717, 1.165) is 0 Å². The van der Waals surface area contributed by atoms with E-state index in [0.29, 0.717) is 12.8 Å². The van der Waals surface area contributed by atoms with E-state index < -0.39 is 30.4 Å². The molecule has 0 fully saturated rings. The van der Waals surface area contributed by atoms with Crippen LogP contribution in [0.4, 0.5) is 0 Å². The predicted octanol–water partition coefficient (Wildman–Crippen LogP) is 1.20. The zero-order chi connectivity index (χ0) is 18.3. The van der Waals surface area contributed by atoms with Crippen molar-refractivity contribution >= 4 is 29.4 Å². The summed E-state index contributed by atoms with van der Waals surface area (Å²) in [6.07, 6.45) is 0.896. The van der Waals surface area contributed by atoms with Gasteiger partial charge in [0.15, 0.2) is 18.1 Å². The number of nitrogens with two attached hydrogens (primary N) is 1. The molecule has 1 unspecified atom stereocenters. The standard InChI is InChI=1S/C15H19ClN2O6/c1-3-4-10(15(21)22)18-14(20)8-5-9(16)13(11(6-8)23-2)24-7-12(17)19/h5-6,10H,3-4,7H2,1-2H3,(H2,17,19)(H,18,20)(H,21,22). The molecular formula is C15H19ClN2O6. The summed E-state index contributed by atoms with van der Waals surface area (Å²) in [7, 11) is 1.33. The third kappa shape index (κ3) is 5.31. The summed E-state index contributed by atoms with van der Waals surface area (Å²) in [6, 6.07) is 1.63. The molecule has 0 spiro atoms. The van der Waals surface area contributed by atoms with Crippen molar-refractivity contribution in [2.75, 3.05) is 13.7 Å². The summed E-state index contributed by atoms with van der Waals surface area (Å²) in [6.45, 7) is 1.41. The van der Waals surface area contributed by atoms with Crippen molar-refractivity contribution in [1.82, 2.24) is 5.32 Å². The van der Waals surface area contributed by atoms with Crippen LogP contribution in [0.3, 0.4) is 0 Å². The molecular weight excluding hydrogens is 340 g/mol. The van der Waals surface area contributed by atoms with Gasteiger partial charge in [0.1, 0.15) is 6.04 Å². The Hall–Kier alpha value is -2.48. The van der Waals surface area contributed by atoms with Crippen LogP contribution >= 0.6 is 11.6 Å². The summed E-state index contributed by atoms with van der Waals surface area (Å²) in [5, 5.41) is 11.5. The molecule has 0 aliphatic carbocycles. The minimum atomic E-state index is -1.12. The molecule has 1 atom stereocenters. The molecule has 4 N–H and O–H groups in total. The van der Waals surface area contributed by atoms with Crippen LogP contribution in [-0.2, 0) is 9.59 Å². The first kappa shape index (κ1) is 19.6. The van der Waals surface area contributed by atoms with Gasteiger partial charge in [-0.3, -0.25) is 9.59 Å². The number of carboxylic acids is 1. The molecule has 9 heteroatoms. The van der Waals surface area contributed by atoms with Crippen LogP contribution < -0.4 is 20.5 Å². The quantitative estimate of drug-likeness (QED) is 0.608. The lowest BCUT2D eigenvalue weighted by atomic mass is 10.1. The largest absolute Gasteiger partial charge is 0.493 e. The number of hydrogen-bond acceptors (Lipinski definition) is 5. The molecule has 0 saturated heterocycles. The average Bonchev–Trinajstić information content (AvgIpc) is 2.51. The lowest BCUT2D eigenvalue weighted by Gasteiger charge is -2.16. The highest BCUT2D eigenvalue weighted by Crippen LogP contribution is 2.36. The fraction of sp³-hybridized carbons (Fsp3) is 0.400. The number of methoxy groups -OCH3 is 1. The lowest BCUT2D eigenvalue weighted by molar-refractivity contribution is -0.139. The normalized spacial score (nSPS) is 11.5. The zero-order valence-electron chi connectivity index (χ0n) is 13.3. The number of carbonyl (C=O) groups is 3. The number of amides is 2. The molecule has 8 nitrogen and oxygen atoms in total. The lowest BCUT2D eigenvalue weighted by Crippen LogP contribution is -2.40. The Morgan fingerprint density at radius 1 is 1.38 bits per heavy atom. The van der Waals surface area contributed by atoms with Gasteiger partial charge >= 0.3 is 5.97 Å². The van der Waals surface area contributed by atoms with Crippen molar-refractivity contribution in [3.8, 4) is 11.5 Å². The van der Waals surface area contributed by atoms with Crippen LogP contribution in [0.25, 0.3) is 0 Å². The highest BCUT2D eigenvalue weighted by Gasteiger charge is 2.22. The van der Waals surface area contributed by atoms with E-state index in [9.17, 15) is 14.4 Å². The minimum absolute atomic E-state index is 0.0307. The Morgan fingerprint density at radius 2 is 2.04 bits per heavy atom.